The van der Waals surface area contributed by atoms with Gasteiger partial charge in [0.05, 0.1) is 6.20 Å². The monoisotopic (exact) mass is 294 g/mol. The van der Waals surface area contributed by atoms with Crippen LogP contribution in [-0.2, 0) is 0 Å². The summed E-state index contributed by atoms with van der Waals surface area (Å²) in [5.41, 5.74) is 2.78. The molecule has 1 heterocycles. The minimum atomic E-state index is -0.295. The first kappa shape index (κ1) is 11.9. The van der Waals surface area contributed by atoms with Crippen LogP contribution in [0.25, 0.3) is 0 Å². The summed E-state index contributed by atoms with van der Waals surface area (Å²) < 4.78 is 5.79. The first-order chi connectivity index (χ1) is 8.08. The molecule has 0 spiro atoms. The van der Waals surface area contributed by atoms with Gasteiger partial charge in [-0.1, -0.05) is 21.1 Å². The highest BCUT2D eigenvalue weighted by atomic mass is 79.9. The average Bonchev–Trinajstić information content (AvgIpc) is 2.76. The molecule has 0 radical (unpaired) electrons. The number of aryl methyl sites for hydroxylation is 2. The van der Waals surface area contributed by atoms with Gasteiger partial charge < -0.3 is 9.84 Å². The highest BCUT2D eigenvalue weighted by Gasteiger charge is 2.13. The first-order valence-corrected chi connectivity index (χ1v) is 5.86. The molecule has 0 aliphatic carbocycles. The van der Waals surface area contributed by atoms with E-state index in [1.165, 1.54) is 12.3 Å². The van der Waals surface area contributed by atoms with Gasteiger partial charge in [-0.25, -0.2) is 0 Å². The van der Waals surface area contributed by atoms with Crippen LogP contribution >= 0.6 is 15.9 Å². The molecule has 1 amide bonds. The van der Waals surface area contributed by atoms with Crippen LogP contribution in [0.1, 0.15) is 21.7 Å². The van der Waals surface area contributed by atoms with Gasteiger partial charge in [-0.3, -0.25) is 4.79 Å². The van der Waals surface area contributed by atoms with Gasteiger partial charge in [0.15, 0.2) is 0 Å². The van der Waals surface area contributed by atoms with E-state index in [1.807, 2.05) is 26.0 Å². The SMILES string of the molecule is Cc1cc(Br)cc(C)c1NC(=O)c1ccno1. The number of benzene rings is 1. The van der Waals surface area contributed by atoms with Crippen molar-refractivity contribution in [3.8, 4) is 0 Å². The first-order valence-electron chi connectivity index (χ1n) is 5.06. The number of hydrogen-bond acceptors (Lipinski definition) is 3. The predicted molar refractivity (Wildman–Crippen MR) is 68.1 cm³/mol. The topological polar surface area (TPSA) is 55.1 Å². The zero-order valence-corrected chi connectivity index (χ0v) is 11.0. The molecule has 2 rings (SSSR count). The lowest BCUT2D eigenvalue weighted by atomic mass is 10.1. The molecule has 1 aromatic heterocycles. The molecule has 4 nitrogen and oxygen atoms in total. The standard InChI is InChI=1S/C12H11BrN2O2/c1-7-5-9(13)6-8(2)11(7)15-12(16)10-3-4-14-17-10/h3-6H,1-2H3,(H,15,16). The number of halogens is 1. The summed E-state index contributed by atoms with van der Waals surface area (Å²) in [7, 11) is 0. The molecule has 0 saturated carbocycles. The van der Waals surface area contributed by atoms with Crippen molar-refractivity contribution in [2.45, 2.75) is 13.8 Å². The normalized spacial score (nSPS) is 10.3. The number of rotatable bonds is 2. The molecule has 0 fully saturated rings. The van der Waals surface area contributed by atoms with Gasteiger partial charge in [0.1, 0.15) is 0 Å². The van der Waals surface area contributed by atoms with Crippen LogP contribution in [0.2, 0.25) is 0 Å². The smallest absolute Gasteiger partial charge is 0.294 e. The number of carbonyl (C=O) groups excluding carboxylic acids is 1. The van der Waals surface area contributed by atoms with Gasteiger partial charge in [-0.05, 0) is 37.1 Å². The zero-order valence-electron chi connectivity index (χ0n) is 9.45. The van der Waals surface area contributed by atoms with Crippen molar-refractivity contribution >= 4 is 27.5 Å². The van der Waals surface area contributed by atoms with Crippen LogP contribution in [0, 0.1) is 13.8 Å². The maximum atomic E-state index is 11.8. The second kappa shape index (κ2) is 4.71. The Kier molecular flexibility index (Phi) is 3.28. The van der Waals surface area contributed by atoms with E-state index in [2.05, 4.69) is 26.4 Å². The van der Waals surface area contributed by atoms with Crippen LogP contribution in [0.15, 0.2) is 33.4 Å². The molecule has 0 unspecified atom stereocenters. The molecular formula is C12H11BrN2O2. The number of nitrogens with one attached hydrogen (secondary N) is 1. The fourth-order valence-corrected chi connectivity index (χ4v) is 2.30. The van der Waals surface area contributed by atoms with E-state index >= 15 is 0 Å². The second-order valence-corrected chi connectivity index (χ2v) is 4.66. The number of nitrogens with zero attached hydrogens (tertiary/aromatic N) is 1. The molecule has 88 valence electrons. The molecule has 5 heteroatoms. The third kappa shape index (κ3) is 2.55. The fraction of sp³-hybridized carbons (Fsp3) is 0.167. The van der Waals surface area contributed by atoms with Gasteiger partial charge in [-0.2, -0.15) is 0 Å². The Balaban J connectivity index is 2.28. The molecule has 0 aliphatic rings. The quantitative estimate of drug-likeness (QED) is 0.924. The number of carbonyl (C=O) groups is 1. The van der Waals surface area contributed by atoms with E-state index in [0.717, 1.165) is 21.3 Å². The predicted octanol–water partition coefficient (Wildman–Crippen LogP) is 3.31. The highest BCUT2D eigenvalue weighted by Crippen LogP contribution is 2.25. The lowest BCUT2D eigenvalue weighted by Crippen LogP contribution is -2.13. The number of aromatic nitrogens is 1. The molecule has 0 aliphatic heterocycles. The molecule has 1 N–H and O–H groups in total. The molecule has 0 saturated heterocycles. The maximum absolute atomic E-state index is 11.8. The maximum Gasteiger partial charge on any atom is 0.294 e. The van der Waals surface area contributed by atoms with E-state index in [0.29, 0.717) is 0 Å². The van der Waals surface area contributed by atoms with Gasteiger partial charge >= 0.3 is 0 Å². The third-order valence-electron chi connectivity index (χ3n) is 2.40. The van der Waals surface area contributed by atoms with Gasteiger partial charge in [0.2, 0.25) is 5.76 Å². The fourth-order valence-electron chi connectivity index (χ4n) is 1.62. The van der Waals surface area contributed by atoms with Crippen LogP contribution in [0.5, 0.6) is 0 Å². The van der Waals surface area contributed by atoms with Crippen molar-refractivity contribution in [3.05, 3.63) is 45.8 Å². The lowest BCUT2D eigenvalue weighted by molar-refractivity contribution is 0.0987. The van der Waals surface area contributed by atoms with Gasteiger partial charge in [0, 0.05) is 16.2 Å². The van der Waals surface area contributed by atoms with Crippen molar-refractivity contribution in [1.29, 1.82) is 0 Å². The van der Waals surface area contributed by atoms with Crippen molar-refractivity contribution in [1.82, 2.24) is 5.16 Å². The lowest BCUT2D eigenvalue weighted by Gasteiger charge is -2.11. The summed E-state index contributed by atoms with van der Waals surface area (Å²) in [5.74, 6) is -0.0947. The van der Waals surface area contributed by atoms with Crippen LogP contribution < -0.4 is 5.32 Å². The van der Waals surface area contributed by atoms with Crippen LogP contribution in [0.3, 0.4) is 0 Å². The third-order valence-corrected chi connectivity index (χ3v) is 2.86. The molecule has 17 heavy (non-hydrogen) atoms. The summed E-state index contributed by atoms with van der Waals surface area (Å²) >= 11 is 3.41. The minimum absolute atomic E-state index is 0.201. The Morgan fingerprint density at radius 1 is 1.35 bits per heavy atom. The van der Waals surface area contributed by atoms with E-state index < -0.39 is 0 Å². The molecule has 1 aromatic carbocycles. The summed E-state index contributed by atoms with van der Waals surface area (Å²) in [6.07, 6.45) is 1.44. The second-order valence-electron chi connectivity index (χ2n) is 3.75. The van der Waals surface area contributed by atoms with Crippen molar-refractivity contribution in [2.24, 2.45) is 0 Å². The molecule has 0 bridgehead atoms. The Hall–Kier alpha value is -1.62. The van der Waals surface area contributed by atoms with E-state index in [-0.39, 0.29) is 11.7 Å². The Bertz CT molecular complexity index is 527. The number of anilines is 1. The van der Waals surface area contributed by atoms with Crippen molar-refractivity contribution in [3.63, 3.8) is 0 Å². The van der Waals surface area contributed by atoms with E-state index in [4.69, 9.17) is 4.52 Å². The number of hydrogen-bond donors (Lipinski definition) is 1. The highest BCUT2D eigenvalue weighted by molar-refractivity contribution is 9.10. The van der Waals surface area contributed by atoms with Crippen molar-refractivity contribution in [2.75, 3.05) is 5.32 Å². The molecular weight excluding hydrogens is 284 g/mol. The summed E-state index contributed by atoms with van der Waals surface area (Å²) in [4.78, 5) is 11.8. The summed E-state index contributed by atoms with van der Waals surface area (Å²) in [6.45, 7) is 3.88. The molecule has 0 atom stereocenters. The Labute approximate surface area is 107 Å². The average molecular weight is 295 g/mol. The van der Waals surface area contributed by atoms with E-state index in [9.17, 15) is 4.79 Å². The summed E-state index contributed by atoms with van der Waals surface area (Å²) in [5, 5.41) is 6.32. The molecule has 2 aromatic rings. The van der Waals surface area contributed by atoms with Crippen LogP contribution in [-0.4, -0.2) is 11.1 Å². The van der Waals surface area contributed by atoms with E-state index in [1.54, 1.807) is 0 Å². The Morgan fingerprint density at radius 2 is 2.00 bits per heavy atom. The van der Waals surface area contributed by atoms with Gasteiger partial charge in [-0.15, -0.1) is 0 Å². The minimum Gasteiger partial charge on any atom is -0.351 e. The zero-order chi connectivity index (χ0) is 12.4. The Morgan fingerprint density at radius 3 is 2.53 bits per heavy atom. The van der Waals surface area contributed by atoms with Gasteiger partial charge in [0.25, 0.3) is 5.91 Å². The summed E-state index contributed by atoms with van der Waals surface area (Å²) in [6, 6.07) is 5.42. The van der Waals surface area contributed by atoms with Crippen LogP contribution in [0.4, 0.5) is 5.69 Å². The van der Waals surface area contributed by atoms with Crippen molar-refractivity contribution < 1.29 is 9.32 Å². The number of amides is 1. The largest absolute Gasteiger partial charge is 0.351 e.